The molecule has 6 nitrogen and oxygen atoms in total. The van der Waals surface area contributed by atoms with Gasteiger partial charge in [-0.05, 0) is 23.8 Å². The Bertz CT molecular complexity index is 705. The second kappa shape index (κ2) is 5.00. The maximum absolute atomic E-state index is 9.44. The van der Waals surface area contributed by atoms with Crippen LogP contribution in [0.3, 0.4) is 0 Å². The molecular formula is C14H11N3O3. The predicted octanol–water partition coefficient (Wildman–Crippen LogP) is 2.13. The smallest absolute Gasteiger partial charge is 0.258 e. The van der Waals surface area contributed by atoms with Gasteiger partial charge in [-0.2, -0.15) is 4.98 Å². The van der Waals surface area contributed by atoms with Crippen LogP contribution in [-0.4, -0.2) is 25.3 Å². The van der Waals surface area contributed by atoms with Crippen molar-refractivity contribution in [1.82, 2.24) is 15.1 Å². The Labute approximate surface area is 114 Å². The van der Waals surface area contributed by atoms with Gasteiger partial charge < -0.3 is 14.7 Å². The van der Waals surface area contributed by atoms with Crippen molar-refractivity contribution in [1.29, 1.82) is 0 Å². The molecule has 2 N–H and O–H groups in total. The molecule has 100 valence electrons. The Hall–Kier alpha value is -2.89. The molecule has 0 fully saturated rings. The summed E-state index contributed by atoms with van der Waals surface area (Å²) in [6.07, 6.45) is 3.93. The van der Waals surface area contributed by atoms with Crippen molar-refractivity contribution in [3.63, 3.8) is 0 Å². The van der Waals surface area contributed by atoms with Gasteiger partial charge in [0.05, 0.1) is 0 Å². The zero-order valence-corrected chi connectivity index (χ0v) is 10.4. The van der Waals surface area contributed by atoms with Crippen molar-refractivity contribution in [3.8, 4) is 23.0 Å². The molecule has 0 aliphatic rings. The van der Waals surface area contributed by atoms with E-state index in [0.717, 1.165) is 5.56 Å². The van der Waals surface area contributed by atoms with Crippen LogP contribution >= 0.6 is 0 Å². The third kappa shape index (κ3) is 2.59. The van der Waals surface area contributed by atoms with Crippen LogP contribution < -0.4 is 0 Å². The van der Waals surface area contributed by atoms with Crippen LogP contribution in [0.4, 0.5) is 0 Å². The van der Waals surface area contributed by atoms with Crippen molar-refractivity contribution >= 4 is 0 Å². The highest BCUT2D eigenvalue weighted by molar-refractivity contribution is 5.58. The fraction of sp³-hybridized carbons (Fsp3) is 0.0714. The highest BCUT2D eigenvalue weighted by Gasteiger charge is 2.11. The van der Waals surface area contributed by atoms with Gasteiger partial charge in [0.1, 0.15) is 11.5 Å². The predicted molar refractivity (Wildman–Crippen MR) is 70.1 cm³/mol. The Balaban J connectivity index is 1.86. The highest BCUT2D eigenvalue weighted by atomic mass is 16.5. The molecule has 6 heteroatoms. The molecule has 0 amide bonds. The summed E-state index contributed by atoms with van der Waals surface area (Å²) in [5.41, 5.74) is 1.44. The lowest BCUT2D eigenvalue weighted by Gasteiger charge is -1.97. The molecule has 3 aromatic rings. The molecule has 2 aromatic heterocycles. The van der Waals surface area contributed by atoms with Gasteiger partial charge in [0.25, 0.3) is 5.89 Å². The summed E-state index contributed by atoms with van der Waals surface area (Å²) < 4.78 is 5.13. The van der Waals surface area contributed by atoms with Gasteiger partial charge in [0.2, 0.25) is 0 Å². The Morgan fingerprint density at radius 2 is 1.90 bits per heavy atom. The van der Waals surface area contributed by atoms with E-state index in [-0.39, 0.29) is 17.4 Å². The van der Waals surface area contributed by atoms with Gasteiger partial charge in [-0.1, -0.05) is 11.2 Å². The molecule has 0 unspecified atom stereocenters. The first-order valence-corrected chi connectivity index (χ1v) is 5.95. The molecule has 0 atom stereocenters. The van der Waals surface area contributed by atoms with Crippen LogP contribution in [0.25, 0.3) is 11.5 Å². The molecule has 0 bridgehead atoms. The number of benzene rings is 1. The van der Waals surface area contributed by atoms with Crippen LogP contribution in [0.15, 0.2) is 47.2 Å². The van der Waals surface area contributed by atoms with Crippen LogP contribution in [0.2, 0.25) is 0 Å². The summed E-state index contributed by atoms with van der Waals surface area (Å²) in [7, 11) is 0. The average Bonchev–Trinajstić information content (AvgIpc) is 2.87. The van der Waals surface area contributed by atoms with Gasteiger partial charge >= 0.3 is 0 Å². The van der Waals surface area contributed by atoms with E-state index in [2.05, 4.69) is 15.1 Å². The van der Waals surface area contributed by atoms with E-state index in [0.29, 0.717) is 17.8 Å². The standard InChI is InChI=1S/C14H11N3O3/c18-11-5-10(6-12(19)7-11)14-16-13(17-20-14)4-9-2-1-3-15-8-9/h1-3,5-8,18-19H,4H2. The lowest BCUT2D eigenvalue weighted by atomic mass is 10.2. The highest BCUT2D eigenvalue weighted by Crippen LogP contribution is 2.27. The van der Waals surface area contributed by atoms with Gasteiger partial charge in [-0.15, -0.1) is 0 Å². The maximum atomic E-state index is 9.44. The monoisotopic (exact) mass is 269 g/mol. The molecule has 0 spiro atoms. The molecule has 0 saturated heterocycles. The minimum absolute atomic E-state index is 0.0630. The fourth-order valence-electron chi connectivity index (χ4n) is 1.85. The van der Waals surface area contributed by atoms with Crippen LogP contribution in [-0.2, 0) is 6.42 Å². The minimum Gasteiger partial charge on any atom is -0.508 e. The normalized spacial score (nSPS) is 10.6. The summed E-state index contributed by atoms with van der Waals surface area (Å²) in [6.45, 7) is 0. The first-order valence-electron chi connectivity index (χ1n) is 5.95. The van der Waals surface area contributed by atoms with E-state index >= 15 is 0 Å². The molecule has 2 heterocycles. The number of nitrogens with zero attached hydrogens (tertiary/aromatic N) is 3. The van der Waals surface area contributed by atoms with Crippen molar-refractivity contribution in [3.05, 3.63) is 54.1 Å². The zero-order valence-electron chi connectivity index (χ0n) is 10.4. The van der Waals surface area contributed by atoms with E-state index in [1.165, 1.54) is 18.2 Å². The van der Waals surface area contributed by atoms with Gasteiger partial charge in [-0.3, -0.25) is 4.98 Å². The van der Waals surface area contributed by atoms with Crippen molar-refractivity contribution in [2.75, 3.05) is 0 Å². The quantitative estimate of drug-likeness (QED) is 0.756. The van der Waals surface area contributed by atoms with E-state index in [9.17, 15) is 10.2 Å². The largest absolute Gasteiger partial charge is 0.508 e. The maximum Gasteiger partial charge on any atom is 0.258 e. The Kier molecular flexibility index (Phi) is 3.04. The summed E-state index contributed by atoms with van der Waals surface area (Å²) in [6, 6.07) is 7.88. The molecule has 20 heavy (non-hydrogen) atoms. The van der Waals surface area contributed by atoms with Gasteiger partial charge in [0, 0.05) is 30.4 Å². The van der Waals surface area contributed by atoms with E-state index in [4.69, 9.17) is 4.52 Å². The topological polar surface area (TPSA) is 92.3 Å². The van der Waals surface area contributed by atoms with Crippen molar-refractivity contribution in [2.24, 2.45) is 0 Å². The van der Waals surface area contributed by atoms with E-state index in [1.54, 1.807) is 12.4 Å². The third-order valence-corrected chi connectivity index (χ3v) is 2.70. The number of hydrogen-bond donors (Lipinski definition) is 2. The first kappa shape index (κ1) is 12.2. The second-order valence-corrected chi connectivity index (χ2v) is 4.29. The molecule has 3 rings (SSSR count). The third-order valence-electron chi connectivity index (χ3n) is 2.70. The fourth-order valence-corrected chi connectivity index (χ4v) is 1.85. The molecule has 0 aliphatic heterocycles. The van der Waals surface area contributed by atoms with Gasteiger partial charge in [-0.25, -0.2) is 0 Å². The zero-order chi connectivity index (χ0) is 13.9. The molecule has 0 aliphatic carbocycles. The molecule has 0 saturated carbocycles. The average molecular weight is 269 g/mol. The summed E-state index contributed by atoms with van der Waals surface area (Å²) >= 11 is 0. The summed E-state index contributed by atoms with van der Waals surface area (Å²) in [5.74, 6) is 0.630. The van der Waals surface area contributed by atoms with Crippen LogP contribution in [0.5, 0.6) is 11.5 Å². The Morgan fingerprint density at radius 1 is 1.10 bits per heavy atom. The second-order valence-electron chi connectivity index (χ2n) is 4.29. The Morgan fingerprint density at radius 3 is 2.60 bits per heavy atom. The number of pyridine rings is 1. The number of aromatic hydroxyl groups is 2. The van der Waals surface area contributed by atoms with Gasteiger partial charge in [0.15, 0.2) is 5.82 Å². The lowest BCUT2D eigenvalue weighted by molar-refractivity contribution is 0.421. The first-order chi connectivity index (χ1) is 9.70. The number of aromatic nitrogens is 3. The molecular weight excluding hydrogens is 258 g/mol. The molecule has 1 aromatic carbocycles. The van der Waals surface area contributed by atoms with E-state index in [1.807, 2.05) is 12.1 Å². The number of hydrogen-bond acceptors (Lipinski definition) is 6. The summed E-state index contributed by atoms with van der Waals surface area (Å²) in [4.78, 5) is 8.25. The van der Waals surface area contributed by atoms with Crippen LogP contribution in [0.1, 0.15) is 11.4 Å². The lowest BCUT2D eigenvalue weighted by Crippen LogP contribution is -1.91. The number of phenolic OH excluding ortho intramolecular Hbond substituents is 2. The summed E-state index contributed by atoms with van der Waals surface area (Å²) in [5, 5.41) is 22.7. The van der Waals surface area contributed by atoms with Crippen LogP contribution in [0, 0.1) is 0 Å². The number of rotatable bonds is 3. The minimum atomic E-state index is -0.0630. The SMILES string of the molecule is Oc1cc(O)cc(-c2nc(Cc3cccnc3)no2)c1. The molecule has 0 radical (unpaired) electrons. The van der Waals surface area contributed by atoms with Crippen molar-refractivity contribution in [2.45, 2.75) is 6.42 Å². The number of phenols is 2. The van der Waals surface area contributed by atoms with Crippen molar-refractivity contribution < 1.29 is 14.7 Å². The van der Waals surface area contributed by atoms with E-state index < -0.39 is 0 Å².